The van der Waals surface area contributed by atoms with Crippen LogP contribution in [-0.4, -0.2) is 27.4 Å². The molecule has 1 N–H and O–H groups in total. The van der Waals surface area contributed by atoms with Crippen LogP contribution in [-0.2, 0) is 10.0 Å². The third-order valence-corrected chi connectivity index (χ3v) is 6.25. The van der Waals surface area contributed by atoms with E-state index in [2.05, 4.69) is 5.32 Å². The Balaban J connectivity index is 1.82. The Hall–Kier alpha value is -2.90. The van der Waals surface area contributed by atoms with Crippen LogP contribution in [0.3, 0.4) is 0 Å². The number of carbonyl (C=O) groups excluding carboxylic acids is 1. The summed E-state index contributed by atoms with van der Waals surface area (Å²) in [6.45, 7) is 0.0348. The molecule has 3 rings (SSSR count). The highest BCUT2D eigenvalue weighted by Gasteiger charge is 2.25. The molecule has 0 heterocycles. The van der Waals surface area contributed by atoms with Gasteiger partial charge in [-0.05, 0) is 60.7 Å². The second kappa shape index (κ2) is 9.07. The topological polar surface area (TPSA) is 66.5 Å². The van der Waals surface area contributed by atoms with Crippen molar-refractivity contribution in [1.82, 2.24) is 5.32 Å². The van der Waals surface area contributed by atoms with Gasteiger partial charge < -0.3 is 5.32 Å². The number of nitrogens with zero attached hydrogens (tertiary/aromatic N) is 1. The van der Waals surface area contributed by atoms with Crippen molar-refractivity contribution in [3.05, 3.63) is 95.3 Å². The van der Waals surface area contributed by atoms with Crippen molar-refractivity contribution >= 4 is 33.2 Å². The van der Waals surface area contributed by atoms with Crippen LogP contribution in [0.4, 0.5) is 10.1 Å². The highest BCUT2D eigenvalue weighted by molar-refractivity contribution is 7.92. The Bertz CT molecular complexity index is 1070. The van der Waals surface area contributed by atoms with Crippen LogP contribution < -0.4 is 9.62 Å². The average molecular weight is 433 g/mol. The Labute approximate surface area is 173 Å². The van der Waals surface area contributed by atoms with Crippen LogP contribution >= 0.6 is 11.6 Å². The SMILES string of the molecule is O=C(NCCN(c1ccc(F)cc1)S(=O)(=O)c1ccc(Cl)cc1)c1ccccc1. The largest absolute Gasteiger partial charge is 0.350 e. The minimum absolute atomic E-state index is 0.0326. The van der Waals surface area contributed by atoms with Crippen LogP contribution in [0.5, 0.6) is 0 Å². The highest BCUT2D eigenvalue weighted by atomic mass is 35.5. The zero-order valence-corrected chi connectivity index (χ0v) is 16.8. The number of benzene rings is 3. The van der Waals surface area contributed by atoms with Crippen molar-refractivity contribution in [3.8, 4) is 0 Å². The lowest BCUT2D eigenvalue weighted by molar-refractivity contribution is 0.0955. The summed E-state index contributed by atoms with van der Waals surface area (Å²) in [7, 11) is -3.95. The van der Waals surface area contributed by atoms with E-state index in [-0.39, 0.29) is 29.6 Å². The standard InChI is InChI=1S/C21H18ClFN2O3S/c22-17-6-12-20(13-7-17)29(27,28)25(19-10-8-18(23)9-11-19)15-14-24-21(26)16-4-2-1-3-5-16/h1-13H,14-15H2,(H,24,26). The van der Waals surface area contributed by atoms with E-state index in [1.807, 2.05) is 0 Å². The highest BCUT2D eigenvalue weighted by Crippen LogP contribution is 2.24. The predicted octanol–water partition coefficient (Wildman–Crippen LogP) is 4.10. The molecular formula is C21H18ClFN2O3S. The Morgan fingerprint density at radius 2 is 1.55 bits per heavy atom. The van der Waals surface area contributed by atoms with E-state index in [9.17, 15) is 17.6 Å². The molecule has 0 saturated carbocycles. The molecule has 0 unspecified atom stereocenters. The van der Waals surface area contributed by atoms with Crippen molar-refractivity contribution in [2.24, 2.45) is 0 Å². The molecule has 0 saturated heterocycles. The molecule has 150 valence electrons. The lowest BCUT2D eigenvalue weighted by Crippen LogP contribution is -2.38. The first-order chi connectivity index (χ1) is 13.9. The predicted molar refractivity (Wildman–Crippen MR) is 111 cm³/mol. The van der Waals surface area contributed by atoms with Gasteiger partial charge >= 0.3 is 0 Å². The molecule has 5 nitrogen and oxygen atoms in total. The van der Waals surface area contributed by atoms with Crippen molar-refractivity contribution in [2.75, 3.05) is 17.4 Å². The summed E-state index contributed by atoms with van der Waals surface area (Å²) in [4.78, 5) is 12.3. The van der Waals surface area contributed by atoms with Gasteiger partial charge in [0.15, 0.2) is 0 Å². The van der Waals surface area contributed by atoms with Crippen LogP contribution in [0.25, 0.3) is 0 Å². The molecular weight excluding hydrogens is 415 g/mol. The number of hydrogen-bond donors (Lipinski definition) is 1. The molecule has 8 heteroatoms. The summed E-state index contributed by atoms with van der Waals surface area (Å²) in [5, 5.41) is 3.11. The molecule has 0 aliphatic rings. The van der Waals surface area contributed by atoms with Crippen molar-refractivity contribution < 1.29 is 17.6 Å². The number of hydrogen-bond acceptors (Lipinski definition) is 3. The van der Waals surface area contributed by atoms with E-state index >= 15 is 0 Å². The van der Waals surface area contributed by atoms with E-state index in [1.165, 1.54) is 48.5 Å². The van der Waals surface area contributed by atoms with E-state index in [0.29, 0.717) is 10.6 Å². The minimum atomic E-state index is -3.95. The molecule has 0 fully saturated rings. The maximum absolute atomic E-state index is 13.3. The second-order valence-corrected chi connectivity index (χ2v) is 8.43. The fourth-order valence-corrected chi connectivity index (χ4v) is 4.28. The third kappa shape index (κ3) is 5.13. The Kier molecular flexibility index (Phi) is 6.51. The minimum Gasteiger partial charge on any atom is -0.350 e. The van der Waals surface area contributed by atoms with E-state index < -0.39 is 15.8 Å². The number of carbonyl (C=O) groups is 1. The van der Waals surface area contributed by atoms with Gasteiger partial charge in [-0.15, -0.1) is 0 Å². The maximum Gasteiger partial charge on any atom is 0.264 e. The second-order valence-electron chi connectivity index (χ2n) is 6.13. The molecule has 0 aromatic heterocycles. The van der Waals surface area contributed by atoms with E-state index in [0.717, 1.165) is 4.31 Å². The molecule has 0 aliphatic carbocycles. The maximum atomic E-state index is 13.3. The number of halogens is 2. The van der Waals surface area contributed by atoms with Crippen molar-refractivity contribution in [1.29, 1.82) is 0 Å². The summed E-state index contributed by atoms with van der Waals surface area (Å²) < 4.78 is 40.7. The summed E-state index contributed by atoms with van der Waals surface area (Å²) >= 11 is 5.85. The number of rotatable bonds is 7. The first kappa shape index (κ1) is 20.8. The molecule has 0 spiro atoms. The van der Waals surface area contributed by atoms with Gasteiger partial charge in [0.25, 0.3) is 15.9 Å². The lowest BCUT2D eigenvalue weighted by Gasteiger charge is -2.25. The quantitative estimate of drug-likeness (QED) is 0.611. The normalized spacial score (nSPS) is 11.1. The van der Waals surface area contributed by atoms with Gasteiger partial charge in [-0.25, -0.2) is 12.8 Å². The molecule has 0 atom stereocenters. The first-order valence-electron chi connectivity index (χ1n) is 8.75. The lowest BCUT2D eigenvalue weighted by atomic mass is 10.2. The van der Waals surface area contributed by atoms with Gasteiger partial charge in [0.2, 0.25) is 0 Å². The molecule has 29 heavy (non-hydrogen) atoms. The summed E-state index contributed by atoms with van der Waals surface area (Å²) in [6.07, 6.45) is 0. The smallest absolute Gasteiger partial charge is 0.264 e. The van der Waals surface area contributed by atoms with Crippen LogP contribution in [0, 0.1) is 5.82 Å². The summed E-state index contributed by atoms with van der Waals surface area (Å²) in [6, 6.07) is 19.5. The van der Waals surface area contributed by atoms with E-state index in [4.69, 9.17) is 11.6 Å². The van der Waals surface area contributed by atoms with Gasteiger partial charge in [0, 0.05) is 17.1 Å². The summed E-state index contributed by atoms with van der Waals surface area (Å²) in [5.74, 6) is -0.788. The van der Waals surface area contributed by atoms with Crippen LogP contribution in [0.2, 0.25) is 5.02 Å². The van der Waals surface area contributed by atoms with Crippen LogP contribution in [0.1, 0.15) is 10.4 Å². The van der Waals surface area contributed by atoms with Gasteiger partial charge in [0.1, 0.15) is 5.82 Å². The van der Waals surface area contributed by atoms with Gasteiger partial charge in [-0.3, -0.25) is 9.10 Å². The third-order valence-electron chi connectivity index (χ3n) is 4.15. The number of sulfonamides is 1. The Morgan fingerprint density at radius 3 is 2.17 bits per heavy atom. The molecule has 0 aliphatic heterocycles. The van der Waals surface area contributed by atoms with Gasteiger partial charge in [-0.2, -0.15) is 0 Å². The van der Waals surface area contributed by atoms with Gasteiger partial charge in [-0.1, -0.05) is 29.8 Å². The molecule has 0 bridgehead atoms. The van der Waals surface area contributed by atoms with Crippen molar-refractivity contribution in [2.45, 2.75) is 4.90 Å². The van der Waals surface area contributed by atoms with Gasteiger partial charge in [0.05, 0.1) is 17.1 Å². The molecule has 0 radical (unpaired) electrons. The average Bonchev–Trinajstić information content (AvgIpc) is 2.73. The number of amides is 1. The van der Waals surface area contributed by atoms with Crippen LogP contribution in [0.15, 0.2) is 83.8 Å². The zero-order valence-electron chi connectivity index (χ0n) is 15.3. The van der Waals surface area contributed by atoms with Crippen molar-refractivity contribution in [3.63, 3.8) is 0 Å². The number of anilines is 1. The fourth-order valence-electron chi connectivity index (χ4n) is 2.69. The monoisotopic (exact) mass is 432 g/mol. The molecule has 3 aromatic carbocycles. The first-order valence-corrected chi connectivity index (χ1v) is 10.6. The number of nitrogens with one attached hydrogen (secondary N) is 1. The summed E-state index contributed by atoms with van der Waals surface area (Å²) in [5.41, 5.74) is 0.761. The Morgan fingerprint density at radius 1 is 0.931 bits per heavy atom. The zero-order chi connectivity index (χ0) is 20.9. The fraction of sp³-hybridized carbons (Fsp3) is 0.0952. The molecule has 1 amide bonds. The molecule has 3 aromatic rings. The van der Waals surface area contributed by atoms with E-state index in [1.54, 1.807) is 30.3 Å².